The Labute approximate surface area is 109 Å². The van der Waals surface area contributed by atoms with Gasteiger partial charge in [-0.05, 0) is 24.6 Å². The lowest BCUT2D eigenvalue weighted by Gasteiger charge is -2.06. The van der Waals surface area contributed by atoms with E-state index in [2.05, 4.69) is 17.2 Å². The average Bonchev–Trinajstić information content (AvgIpc) is 2.85. The van der Waals surface area contributed by atoms with Gasteiger partial charge < -0.3 is 5.32 Å². The van der Waals surface area contributed by atoms with Crippen molar-refractivity contribution in [1.82, 2.24) is 4.98 Å². The molecule has 1 aromatic carbocycles. The molecular weight excluding hydrogens is 249 g/mol. The van der Waals surface area contributed by atoms with E-state index in [9.17, 15) is 4.39 Å². The number of nitrogens with one attached hydrogen (secondary N) is 1. The molecule has 1 heterocycles. The molecule has 0 aliphatic heterocycles. The van der Waals surface area contributed by atoms with Gasteiger partial charge in [0.05, 0.1) is 17.8 Å². The molecule has 0 atom stereocenters. The SMILES string of the molecule is CCc1cnc(CNc2ccc(F)cc2C#N)s1. The predicted molar refractivity (Wildman–Crippen MR) is 69.9 cm³/mol. The minimum absolute atomic E-state index is 0.308. The maximum Gasteiger partial charge on any atom is 0.124 e. The molecule has 18 heavy (non-hydrogen) atoms. The topological polar surface area (TPSA) is 48.7 Å². The first-order valence-corrected chi connectivity index (χ1v) is 6.41. The highest BCUT2D eigenvalue weighted by Gasteiger charge is 2.05. The Bertz CT molecular complexity index is 586. The molecule has 2 aromatic rings. The zero-order valence-electron chi connectivity index (χ0n) is 9.90. The van der Waals surface area contributed by atoms with Crippen molar-refractivity contribution >= 4 is 17.0 Å². The molecule has 1 N–H and O–H groups in total. The van der Waals surface area contributed by atoms with Crippen molar-refractivity contribution in [2.24, 2.45) is 0 Å². The van der Waals surface area contributed by atoms with Gasteiger partial charge in [-0.15, -0.1) is 11.3 Å². The number of thiazole rings is 1. The molecule has 0 amide bonds. The third-order valence-electron chi connectivity index (χ3n) is 2.48. The molecule has 3 nitrogen and oxygen atoms in total. The van der Waals surface area contributed by atoms with Gasteiger partial charge in [0, 0.05) is 11.1 Å². The van der Waals surface area contributed by atoms with Crippen LogP contribution in [0, 0.1) is 17.1 Å². The standard InChI is InChI=1S/C13H12FN3S/c1-2-11-7-17-13(18-11)8-16-12-4-3-10(14)5-9(12)6-15/h3-5,7,16H,2,8H2,1H3. The minimum atomic E-state index is -0.403. The summed E-state index contributed by atoms with van der Waals surface area (Å²) in [6, 6.07) is 6.10. The number of aromatic nitrogens is 1. The van der Waals surface area contributed by atoms with Crippen molar-refractivity contribution in [2.75, 3.05) is 5.32 Å². The van der Waals surface area contributed by atoms with Crippen LogP contribution in [0.15, 0.2) is 24.4 Å². The molecule has 5 heteroatoms. The van der Waals surface area contributed by atoms with Crippen molar-refractivity contribution in [1.29, 1.82) is 5.26 Å². The first-order valence-electron chi connectivity index (χ1n) is 5.60. The van der Waals surface area contributed by atoms with E-state index < -0.39 is 5.82 Å². The van der Waals surface area contributed by atoms with Gasteiger partial charge in [-0.25, -0.2) is 9.37 Å². The largest absolute Gasteiger partial charge is 0.377 e. The van der Waals surface area contributed by atoms with E-state index >= 15 is 0 Å². The molecule has 0 unspecified atom stereocenters. The zero-order chi connectivity index (χ0) is 13.0. The molecule has 0 radical (unpaired) electrons. The normalized spacial score (nSPS) is 10.1. The molecule has 0 bridgehead atoms. The van der Waals surface area contributed by atoms with E-state index in [0.29, 0.717) is 17.8 Å². The Morgan fingerprint density at radius 2 is 2.33 bits per heavy atom. The quantitative estimate of drug-likeness (QED) is 0.918. The van der Waals surface area contributed by atoms with Crippen molar-refractivity contribution in [3.63, 3.8) is 0 Å². The Hall–Kier alpha value is -1.93. The van der Waals surface area contributed by atoms with Gasteiger partial charge in [-0.1, -0.05) is 6.92 Å². The third-order valence-corrected chi connectivity index (χ3v) is 3.62. The van der Waals surface area contributed by atoms with Gasteiger partial charge in [-0.3, -0.25) is 0 Å². The van der Waals surface area contributed by atoms with E-state index in [4.69, 9.17) is 5.26 Å². The van der Waals surface area contributed by atoms with Crippen LogP contribution in [0.25, 0.3) is 0 Å². The smallest absolute Gasteiger partial charge is 0.124 e. The van der Waals surface area contributed by atoms with Crippen LogP contribution < -0.4 is 5.32 Å². The van der Waals surface area contributed by atoms with Crippen molar-refractivity contribution in [3.05, 3.63) is 45.7 Å². The number of aryl methyl sites for hydroxylation is 1. The first kappa shape index (κ1) is 12.5. The number of hydrogen-bond donors (Lipinski definition) is 1. The minimum Gasteiger partial charge on any atom is -0.377 e. The summed E-state index contributed by atoms with van der Waals surface area (Å²) < 4.78 is 13.0. The Morgan fingerprint density at radius 1 is 1.50 bits per heavy atom. The lowest BCUT2D eigenvalue weighted by molar-refractivity contribution is 0.627. The van der Waals surface area contributed by atoms with Crippen LogP contribution in [-0.2, 0) is 13.0 Å². The summed E-state index contributed by atoms with van der Waals surface area (Å²) in [6.45, 7) is 2.63. The molecule has 0 spiro atoms. The second-order valence-electron chi connectivity index (χ2n) is 3.73. The van der Waals surface area contributed by atoms with Gasteiger partial charge in [-0.2, -0.15) is 5.26 Å². The molecule has 1 aromatic heterocycles. The maximum absolute atomic E-state index is 13.0. The molecule has 0 aliphatic carbocycles. The van der Waals surface area contributed by atoms with Gasteiger partial charge in [0.1, 0.15) is 16.9 Å². The predicted octanol–water partition coefficient (Wildman–Crippen LogP) is 3.33. The summed E-state index contributed by atoms with van der Waals surface area (Å²) in [5.74, 6) is -0.403. The number of halogens is 1. The molecule has 2 rings (SSSR count). The average molecular weight is 261 g/mol. The molecule has 0 aliphatic rings. The van der Waals surface area contributed by atoms with E-state index in [1.165, 1.54) is 17.0 Å². The Morgan fingerprint density at radius 3 is 3.00 bits per heavy atom. The second-order valence-corrected chi connectivity index (χ2v) is 4.93. The lowest BCUT2D eigenvalue weighted by atomic mass is 10.2. The summed E-state index contributed by atoms with van der Waals surface area (Å²) >= 11 is 1.64. The summed E-state index contributed by atoms with van der Waals surface area (Å²) in [5.41, 5.74) is 0.939. The summed E-state index contributed by atoms with van der Waals surface area (Å²) in [7, 11) is 0. The monoisotopic (exact) mass is 261 g/mol. The van der Waals surface area contributed by atoms with Crippen LogP contribution in [0.1, 0.15) is 22.4 Å². The van der Waals surface area contributed by atoms with Gasteiger partial charge in [0.15, 0.2) is 0 Å². The van der Waals surface area contributed by atoms with Crippen molar-refractivity contribution < 1.29 is 4.39 Å². The van der Waals surface area contributed by atoms with Crippen molar-refractivity contribution in [3.8, 4) is 6.07 Å². The number of anilines is 1. The summed E-state index contributed by atoms with van der Waals surface area (Å²) in [6.07, 6.45) is 2.83. The van der Waals surface area contributed by atoms with E-state index in [1.54, 1.807) is 17.4 Å². The van der Waals surface area contributed by atoms with Gasteiger partial charge in [0.2, 0.25) is 0 Å². The van der Waals surface area contributed by atoms with E-state index in [0.717, 1.165) is 11.4 Å². The first-order chi connectivity index (χ1) is 8.72. The van der Waals surface area contributed by atoms with E-state index in [1.807, 2.05) is 12.3 Å². The van der Waals surface area contributed by atoms with Crippen LogP contribution in [0.2, 0.25) is 0 Å². The van der Waals surface area contributed by atoms with Crippen LogP contribution in [0.4, 0.5) is 10.1 Å². The van der Waals surface area contributed by atoms with Crippen LogP contribution >= 0.6 is 11.3 Å². The number of hydrogen-bond acceptors (Lipinski definition) is 4. The molecule has 0 saturated carbocycles. The third kappa shape index (κ3) is 2.84. The number of nitrogens with zero attached hydrogens (tertiary/aromatic N) is 2. The highest BCUT2D eigenvalue weighted by molar-refractivity contribution is 7.11. The molecule has 92 valence electrons. The second kappa shape index (κ2) is 5.61. The summed E-state index contributed by atoms with van der Waals surface area (Å²) in [5, 5.41) is 13.0. The van der Waals surface area contributed by atoms with Gasteiger partial charge in [0.25, 0.3) is 0 Å². The van der Waals surface area contributed by atoms with Crippen LogP contribution in [-0.4, -0.2) is 4.98 Å². The Balaban J connectivity index is 2.08. The lowest BCUT2D eigenvalue weighted by Crippen LogP contribution is -2.01. The zero-order valence-corrected chi connectivity index (χ0v) is 10.7. The van der Waals surface area contributed by atoms with Crippen LogP contribution in [0.3, 0.4) is 0 Å². The number of benzene rings is 1. The Kier molecular flexibility index (Phi) is 3.90. The molecule has 0 fully saturated rings. The number of nitriles is 1. The summed E-state index contributed by atoms with van der Waals surface area (Å²) in [4.78, 5) is 5.50. The van der Waals surface area contributed by atoms with E-state index in [-0.39, 0.29) is 0 Å². The fourth-order valence-corrected chi connectivity index (χ4v) is 2.33. The number of rotatable bonds is 4. The highest BCUT2D eigenvalue weighted by Crippen LogP contribution is 2.19. The molecular formula is C13H12FN3S. The fourth-order valence-electron chi connectivity index (χ4n) is 1.53. The van der Waals surface area contributed by atoms with Crippen molar-refractivity contribution in [2.45, 2.75) is 19.9 Å². The van der Waals surface area contributed by atoms with Gasteiger partial charge >= 0.3 is 0 Å². The highest BCUT2D eigenvalue weighted by atomic mass is 32.1. The fraction of sp³-hybridized carbons (Fsp3) is 0.231. The maximum atomic E-state index is 13.0. The van der Waals surface area contributed by atoms with Crippen LogP contribution in [0.5, 0.6) is 0 Å². The molecule has 0 saturated heterocycles.